The molecule has 0 radical (unpaired) electrons. The summed E-state index contributed by atoms with van der Waals surface area (Å²) in [5, 5.41) is 10.1. The molecule has 3 heteroatoms. The predicted molar refractivity (Wildman–Crippen MR) is 55.0 cm³/mol. The Labute approximate surface area is 84.7 Å². The number of hydrogen-bond donors (Lipinski definition) is 1. The SMILES string of the molecule is COCCC(C)(O)c1cncc(C)c1. The molecule has 1 aromatic rings. The fourth-order valence-electron chi connectivity index (χ4n) is 1.29. The Balaban J connectivity index is 2.80. The van der Waals surface area contributed by atoms with Crippen LogP contribution in [0.4, 0.5) is 0 Å². The van der Waals surface area contributed by atoms with Crippen molar-refractivity contribution >= 4 is 0 Å². The summed E-state index contributed by atoms with van der Waals surface area (Å²) in [5.41, 5.74) is 1.05. The Kier molecular flexibility index (Phi) is 3.61. The van der Waals surface area contributed by atoms with Crippen LogP contribution in [0.1, 0.15) is 24.5 Å². The summed E-state index contributed by atoms with van der Waals surface area (Å²) >= 11 is 0. The summed E-state index contributed by atoms with van der Waals surface area (Å²) < 4.78 is 4.95. The third kappa shape index (κ3) is 2.79. The molecular formula is C11H17NO2. The molecule has 0 aliphatic heterocycles. The molecule has 1 unspecified atom stereocenters. The first-order valence-electron chi connectivity index (χ1n) is 4.70. The number of methoxy groups -OCH3 is 1. The fraction of sp³-hybridized carbons (Fsp3) is 0.545. The number of rotatable bonds is 4. The molecule has 0 amide bonds. The first-order valence-corrected chi connectivity index (χ1v) is 4.70. The highest BCUT2D eigenvalue weighted by molar-refractivity contribution is 5.22. The largest absolute Gasteiger partial charge is 0.385 e. The zero-order valence-electron chi connectivity index (χ0n) is 8.95. The Morgan fingerprint density at radius 2 is 2.21 bits per heavy atom. The second-order valence-electron chi connectivity index (χ2n) is 3.77. The van der Waals surface area contributed by atoms with Crippen LogP contribution in [0, 0.1) is 6.92 Å². The van der Waals surface area contributed by atoms with Crippen LogP contribution >= 0.6 is 0 Å². The van der Waals surface area contributed by atoms with Crippen molar-refractivity contribution in [2.75, 3.05) is 13.7 Å². The highest BCUT2D eigenvalue weighted by Gasteiger charge is 2.22. The Morgan fingerprint density at radius 1 is 1.50 bits per heavy atom. The average Bonchev–Trinajstić information content (AvgIpc) is 2.15. The molecule has 78 valence electrons. The third-order valence-electron chi connectivity index (χ3n) is 2.29. The quantitative estimate of drug-likeness (QED) is 0.794. The fourth-order valence-corrected chi connectivity index (χ4v) is 1.29. The van der Waals surface area contributed by atoms with E-state index in [4.69, 9.17) is 4.74 Å². The number of aryl methyl sites for hydroxylation is 1. The number of aromatic nitrogens is 1. The smallest absolute Gasteiger partial charge is 0.0905 e. The van der Waals surface area contributed by atoms with Crippen molar-refractivity contribution in [3.8, 4) is 0 Å². The lowest BCUT2D eigenvalue weighted by atomic mass is 9.93. The van der Waals surface area contributed by atoms with Gasteiger partial charge in [-0.25, -0.2) is 0 Å². The summed E-state index contributed by atoms with van der Waals surface area (Å²) in [6, 6.07) is 1.95. The normalized spacial score (nSPS) is 15.1. The minimum atomic E-state index is -0.852. The summed E-state index contributed by atoms with van der Waals surface area (Å²) in [6.45, 7) is 4.28. The Morgan fingerprint density at radius 3 is 2.79 bits per heavy atom. The molecule has 0 saturated carbocycles. The number of ether oxygens (including phenoxy) is 1. The molecule has 0 bridgehead atoms. The number of hydrogen-bond acceptors (Lipinski definition) is 3. The van der Waals surface area contributed by atoms with Crippen molar-refractivity contribution in [2.24, 2.45) is 0 Å². The van der Waals surface area contributed by atoms with Crippen LogP contribution in [0.15, 0.2) is 18.5 Å². The van der Waals surface area contributed by atoms with Gasteiger partial charge in [0.1, 0.15) is 0 Å². The molecule has 0 spiro atoms. The summed E-state index contributed by atoms with van der Waals surface area (Å²) in [5.74, 6) is 0. The lowest BCUT2D eigenvalue weighted by molar-refractivity contribution is 0.0207. The highest BCUT2D eigenvalue weighted by atomic mass is 16.5. The van der Waals surface area contributed by atoms with Gasteiger partial charge >= 0.3 is 0 Å². The zero-order chi connectivity index (χ0) is 10.6. The second-order valence-corrected chi connectivity index (χ2v) is 3.77. The molecule has 0 saturated heterocycles. The van der Waals surface area contributed by atoms with E-state index in [9.17, 15) is 5.11 Å². The predicted octanol–water partition coefficient (Wildman–Crippen LogP) is 1.63. The molecule has 0 aromatic carbocycles. The standard InChI is InChI=1S/C11H17NO2/c1-9-6-10(8-12-7-9)11(2,13)4-5-14-3/h6-8,13H,4-5H2,1-3H3. The maximum Gasteiger partial charge on any atom is 0.0905 e. The van der Waals surface area contributed by atoms with E-state index in [0.717, 1.165) is 11.1 Å². The van der Waals surface area contributed by atoms with Crippen molar-refractivity contribution in [1.29, 1.82) is 0 Å². The van der Waals surface area contributed by atoms with Gasteiger partial charge in [0.05, 0.1) is 5.60 Å². The van der Waals surface area contributed by atoms with Gasteiger partial charge < -0.3 is 9.84 Å². The van der Waals surface area contributed by atoms with Crippen molar-refractivity contribution in [3.63, 3.8) is 0 Å². The number of nitrogens with zero attached hydrogens (tertiary/aromatic N) is 1. The zero-order valence-corrected chi connectivity index (χ0v) is 8.95. The van der Waals surface area contributed by atoms with E-state index in [1.807, 2.05) is 13.0 Å². The lowest BCUT2D eigenvalue weighted by Gasteiger charge is -2.23. The van der Waals surface area contributed by atoms with E-state index in [-0.39, 0.29) is 0 Å². The third-order valence-corrected chi connectivity index (χ3v) is 2.29. The molecule has 1 aromatic heterocycles. The molecule has 0 fully saturated rings. The van der Waals surface area contributed by atoms with Crippen molar-refractivity contribution in [2.45, 2.75) is 25.9 Å². The van der Waals surface area contributed by atoms with Gasteiger partial charge in [-0.1, -0.05) is 6.07 Å². The minimum Gasteiger partial charge on any atom is -0.385 e. The molecule has 1 rings (SSSR count). The van der Waals surface area contributed by atoms with Crippen LogP contribution < -0.4 is 0 Å². The van der Waals surface area contributed by atoms with Gasteiger partial charge in [0.25, 0.3) is 0 Å². The van der Waals surface area contributed by atoms with Gasteiger partial charge in [-0.3, -0.25) is 4.98 Å². The Bertz CT molecular complexity index is 297. The summed E-state index contributed by atoms with van der Waals surface area (Å²) in [4.78, 5) is 4.06. The van der Waals surface area contributed by atoms with Crippen LogP contribution in [0.2, 0.25) is 0 Å². The maximum absolute atomic E-state index is 10.1. The minimum absolute atomic E-state index is 0.543. The van der Waals surface area contributed by atoms with E-state index < -0.39 is 5.60 Å². The van der Waals surface area contributed by atoms with Gasteiger partial charge in [-0.15, -0.1) is 0 Å². The monoisotopic (exact) mass is 195 g/mol. The molecule has 1 N–H and O–H groups in total. The molecule has 1 heterocycles. The van der Waals surface area contributed by atoms with Gasteiger partial charge in [-0.05, 0) is 19.4 Å². The van der Waals surface area contributed by atoms with Crippen molar-refractivity contribution in [3.05, 3.63) is 29.6 Å². The first kappa shape index (κ1) is 11.1. The molecule has 0 aliphatic carbocycles. The van der Waals surface area contributed by atoms with E-state index in [2.05, 4.69) is 4.98 Å². The number of aliphatic hydroxyl groups is 1. The van der Waals surface area contributed by atoms with Crippen LogP contribution in [-0.4, -0.2) is 23.8 Å². The van der Waals surface area contributed by atoms with Gasteiger partial charge in [0, 0.05) is 38.1 Å². The van der Waals surface area contributed by atoms with Gasteiger partial charge in [0.15, 0.2) is 0 Å². The average molecular weight is 195 g/mol. The van der Waals surface area contributed by atoms with E-state index in [1.165, 1.54) is 0 Å². The van der Waals surface area contributed by atoms with E-state index in [0.29, 0.717) is 13.0 Å². The topological polar surface area (TPSA) is 42.4 Å². The van der Waals surface area contributed by atoms with Gasteiger partial charge in [0.2, 0.25) is 0 Å². The van der Waals surface area contributed by atoms with Crippen LogP contribution in [-0.2, 0) is 10.3 Å². The molecule has 14 heavy (non-hydrogen) atoms. The summed E-state index contributed by atoms with van der Waals surface area (Å²) in [6.07, 6.45) is 4.05. The van der Waals surface area contributed by atoms with E-state index in [1.54, 1.807) is 26.4 Å². The Hall–Kier alpha value is -0.930. The van der Waals surface area contributed by atoms with Crippen LogP contribution in [0.3, 0.4) is 0 Å². The van der Waals surface area contributed by atoms with Crippen LogP contribution in [0.25, 0.3) is 0 Å². The molecule has 0 aliphatic rings. The van der Waals surface area contributed by atoms with E-state index >= 15 is 0 Å². The van der Waals surface area contributed by atoms with Gasteiger partial charge in [-0.2, -0.15) is 0 Å². The maximum atomic E-state index is 10.1. The summed E-state index contributed by atoms with van der Waals surface area (Å²) in [7, 11) is 1.63. The highest BCUT2D eigenvalue weighted by Crippen LogP contribution is 2.23. The first-order chi connectivity index (χ1) is 6.56. The number of pyridine rings is 1. The van der Waals surface area contributed by atoms with Crippen molar-refractivity contribution < 1.29 is 9.84 Å². The molecule has 3 nitrogen and oxygen atoms in total. The second kappa shape index (κ2) is 4.53. The molecular weight excluding hydrogens is 178 g/mol. The lowest BCUT2D eigenvalue weighted by Crippen LogP contribution is -2.23. The van der Waals surface area contributed by atoms with Crippen LogP contribution in [0.5, 0.6) is 0 Å². The molecule has 1 atom stereocenters. The van der Waals surface area contributed by atoms with Crippen molar-refractivity contribution in [1.82, 2.24) is 4.98 Å².